The van der Waals surface area contributed by atoms with Crippen molar-refractivity contribution in [3.05, 3.63) is 18.2 Å². The van der Waals surface area contributed by atoms with Gasteiger partial charge in [0, 0.05) is 12.6 Å². The van der Waals surface area contributed by atoms with Crippen molar-refractivity contribution in [3.8, 4) is 0 Å². The summed E-state index contributed by atoms with van der Waals surface area (Å²) in [7, 11) is 0. The predicted molar refractivity (Wildman–Crippen MR) is 65.7 cm³/mol. The zero-order valence-electron chi connectivity index (χ0n) is 10.7. The second-order valence-electron chi connectivity index (χ2n) is 4.84. The largest absolute Gasteiger partial charge is 0.390 e. The number of aliphatic hydroxyl groups is 1. The van der Waals surface area contributed by atoms with Gasteiger partial charge in [0.2, 0.25) is 0 Å². The average molecular weight is 238 g/mol. The number of imidazole rings is 1. The fourth-order valence-corrected chi connectivity index (χ4v) is 2.77. The van der Waals surface area contributed by atoms with Gasteiger partial charge in [-0.2, -0.15) is 0 Å². The molecule has 96 valence electrons. The van der Waals surface area contributed by atoms with E-state index >= 15 is 0 Å². The van der Waals surface area contributed by atoms with Crippen molar-refractivity contribution < 1.29 is 9.84 Å². The van der Waals surface area contributed by atoms with Crippen LogP contribution in [0.5, 0.6) is 0 Å². The van der Waals surface area contributed by atoms with Crippen LogP contribution in [0.15, 0.2) is 12.5 Å². The molecule has 2 rings (SSSR count). The second kappa shape index (κ2) is 5.19. The highest BCUT2D eigenvalue weighted by atomic mass is 16.5. The molecule has 1 atom stereocenters. The van der Waals surface area contributed by atoms with Gasteiger partial charge >= 0.3 is 0 Å². The van der Waals surface area contributed by atoms with Crippen LogP contribution in [0.2, 0.25) is 0 Å². The van der Waals surface area contributed by atoms with Crippen molar-refractivity contribution in [1.82, 2.24) is 9.55 Å². The molecule has 1 fully saturated rings. The summed E-state index contributed by atoms with van der Waals surface area (Å²) in [4.78, 5) is 4.13. The second-order valence-corrected chi connectivity index (χ2v) is 4.84. The Labute approximate surface area is 103 Å². The van der Waals surface area contributed by atoms with Crippen LogP contribution in [0.25, 0.3) is 0 Å². The topological polar surface area (TPSA) is 47.3 Å². The number of rotatable bonds is 4. The average Bonchev–Trinajstić information content (AvgIpc) is 2.87. The number of hydrogen-bond donors (Lipinski definition) is 1. The lowest BCUT2D eigenvalue weighted by molar-refractivity contribution is -0.0991. The minimum Gasteiger partial charge on any atom is -0.390 e. The molecule has 17 heavy (non-hydrogen) atoms. The fourth-order valence-electron chi connectivity index (χ4n) is 2.77. The van der Waals surface area contributed by atoms with Crippen molar-refractivity contribution in [3.63, 3.8) is 0 Å². The third-order valence-electron chi connectivity index (χ3n) is 4.06. The third kappa shape index (κ3) is 2.38. The molecule has 1 unspecified atom stereocenters. The van der Waals surface area contributed by atoms with Crippen molar-refractivity contribution in [2.75, 3.05) is 6.61 Å². The SMILES string of the molecule is CCC1(CC)CC(n2cncc2CO)CCO1. The zero-order valence-corrected chi connectivity index (χ0v) is 10.7. The van der Waals surface area contributed by atoms with Crippen LogP contribution >= 0.6 is 0 Å². The van der Waals surface area contributed by atoms with Gasteiger partial charge in [0.05, 0.1) is 30.4 Å². The number of ether oxygens (including phenoxy) is 1. The van der Waals surface area contributed by atoms with Gasteiger partial charge in [-0.3, -0.25) is 0 Å². The molecule has 0 spiro atoms. The molecule has 1 saturated heterocycles. The van der Waals surface area contributed by atoms with Crippen LogP contribution in [-0.4, -0.2) is 26.9 Å². The van der Waals surface area contributed by atoms with E-state index < -0.39 is 0 Å². The molecule has 0 aromatic carbocycles. The molecule has 0 aliphatic carbocycles. The number of hydrogen-bond acceptors (Lipinski definition) is 3. The van der Waals surface area contributed by atoms with Crippen LogP contribution < -0.4 is 0 Å². The highest BCUT2D eigenvalue weighted by Crippen LogP contribution is 2.37. The minimum atomic E-state index is 0.0138. The zero-order chi connectivity index (χ0) is 12.3. The van der Waals surface area contributed by atoms with E-state index in [-0.39, 0.29) is 12.2 Å². The Hall–Kier alpha value is -0.870. The maximum atomic E-state index is 9.29. The molecule has 0 bridgehead atoms. The lowest BCUT2D eigenvalue weighted by atomic mass is 9.86. The Morgan fingerprint density at radius 3 is 2.94 bits per heavy atom. The fraction of sp³-hybridized carbons (Fsp3) is 0.769. The quantitative estimate of drug-likeness (QED) is 0.875. The summed E-state index contributed by atoms with van der Waals surface area (Å²) in [5.41, 5.74) is 0.915. The Morgan fingerprint density at radius 1 is 1.53 bits per heavy atom. The normalized spacial score (nSPS) is 23.8. The Balaban J connectivity index is 2.17. The van der Waals surface area contributed by atoms with E-state index in [1.807, 2.05) is 6.33 Å². The molecule has 1 aliphatic rings. The summed E-state index contributed by atoms with van der Waals surface area (Å²) in [6.45, 7) is 5.23. The monoisotopic (exact) mass is 238 g/mol. The molecule has 0 radical (unpaired) electrons. The maximum absolute atomic E-state index is 9.29. The van der Waals surface area contributed by atoms with Crippen LogP contribution in [0.4, 0.5) is 0 Å². The first kappa shape index (κ1) is 12.6. The van der Waals surface area contributed by atoms with Gasteiger partial charge in [0.25, 0.3) is 0 Å². The van der Waals surface area contributed by atoms with Crippen LogP contribution in [0, 0.1) is 0 Å². The minimum absolute atomic E-state index is 0.0138. The van der Waals surface area contributed by atoms with Gasteiger partial charge in [-0.15, -0.1) is 0 Å². The first-order chi connectivity index (χ1) is 8.24. The summed E-state index contributed by atoms with van der Waals surface area (Å²) in [5.74, 6) is 0. The highest BCUT2D eigenvalue weighted by molar-refractivity contribution is 5.01. The molecule has 4 nitrogen and oxygen atoms in total. The van der Waals surface area contributed by atoms with Gasteiger partial charge in [0.1, 0.15) is 0 Å². The van der Waals surface area contributed by atoms with E-state index in [0.29, 0.717) is 6.04 Å². The van der Waals surface area contributed by atoms with Gasteiger partial charge in [-0.25, -0.2) is 4.98 Å². The number of nitrogens with zero attached hydrogens (tertiary/aromatic N) is 2. The summed E-state index contributed by atoms with van der Waals surface area (Å²) in [5, 5.41) is 9.29. The molecule has 0 amide bonds. The van der Waals surface area contributed by atoms with E-state index in [0.717, 1.165) is 38.0 Å². The number of aromatic nitrogens is 2. The van der Waals surface area contributed by atoms with E-state index in [9.17, 15) is 5.11 Å². The molecule has 0 saturated carbocycles. The smallest absolute Gasteiger partial charge is 0.0951 e. The van der Waals surface area contributed by atoms with E-state index in [4.69, 9.17) is 4.74 Å². The molecular formula is C13H22N2O2. The molecule has 1 aliphatic heterocycles. The van der Waals surface area contributed by atoms with E-state index in [1.165, 1.54) is 0 Å². The first-order valence-electron chi connectivity index (χ1n) is 6.50. The van der Waals surface area contributed by atoms with Crippen molar-refractivity contribution >= 4 is 0 Å². The van der Waals surface area contributed by atoms with Crippen LogP contribution in [0.3, 0.4) is 0 Å². The third-order valence-corrected chi connectivity index (χ3v) is 4.06. The molecule has 1 aromatic heterocycles. The summed E-state index contributed by atoms with van der Waals surface area (Å²) >= 11 is 0. The van der Waals surface area contributed by atoms with Gasteiger partial charge in [-0.1, -0.05) is 13.8 Å². The van der Waals surface area contributed by atoms with E-state index in [2.05, 4.69) is 23.4 Å². The van der Waals surface area contributed by atoms with Crippen molar-refractivity contribution in [1.29, 1.82) is 0 Å². The standard InChI is InChI=1S/C13H22N2O2/c1-3-13(4-2)7-11(5-6-17-13)15-10-14-8-12(15)9-16/h8,10-11,16H,3-7,9H2,1-2H3. The van der Waals surface area contributed by atoms with E-state index in [1.54, 1.807) is 6.20 Å². The molecule has 1 aromatic rings. The van der Waals surface area contributed by atoms with Crippen molar-refractivity contribution in [2.24, 2.45) is 0 Å². The Kier molecular flexibility index (Phi) is 3.84. The molecule has 2 heterocycles. The lowest BCUT2D eigenvalue weighted by Crippen LogP contribution is -2.39. The Morgan fingerprint density at radius 2 is 2.29 bits per heavy atom. The predicted octanol–water partition coefficient (Wildman–Crippen LogP) is 2.29. The molecule has 4 heteroatoms. The van der Waals surface area contributed by atoms with Gasteiger partial charge in [0.15, 0.2) is 0 Å². The maximum Gasteiger partial charge on any atom is 0.0951 e. The highest BCUT2D eigenvalue weighted by Gasteiger charge is 2.35. The van der Waals surface area contributed by atoms with Crippen molar-refractivity contribution in [2.45, 2.75) is 57.8 Å². The summed E-state index contributed by atoms with van der Waals surface area (Å²) in [6, 6.07) is 0.410. The summed E-state index contributed by atoms with van der Waals surface area (Å²) in [6.07, 6.45) is 7.69. The van der Waals surface area contributed by atoms with Crippen LogP contribution in [-0.2, 0) is 11.3 Å². The van der Waals surface area contributed by atoms with Gasteiger partial charge in [-0.05, 0) is 25.7 Å². The van der Waals surface area contributed by atoms with Crippen LogP contribution in [0.1, 0.15) is 51.3 Å². The first-order valence-corrected chi connectivity index (χ1v) is 6.50. The lowest BCUT2D eigenvalue weighted by Gasteiger charge is -2.40. The number of aliphatic hydroxyl groups excluding tert-OH is 1. The summed E-state index contributed by atoms with van der Waals surface area (Å²) < 4.78 is 8.08. The van der Waals surface area contributed by atoms with Gasteiger partial charge < -0.3 is 14.4 Å². The molecule has 1 N–H and O–H groups in total. The Bertz CT molecular complexity index is 358. The molecular weight excluding hydrogens is 216 g/mol.